The smallest absolute Gasteiger partial charge is 0.466 e. The lowest BCUT2D eigenvalue weighted by molar-refractivity contribution is -0.343. The molecular formula is C35H34BF2N2O4+. The van der Waals surface area contributed by atoms with E-state index in [-0.39, 0.29) is 29.3 Å². The average Bonchev–Trinajstić information content (AvgIpc) is 3.49. The number of ether oxygens (including phenoxy) is 1. The largest absolute Gasteiger partial charge is 0.934 e. The number of fused-ring (bicyclic) bond motifs is 4. The summed E-state index contributed by atoms with van der Waals surface area (Å²) < 4.78 is 42.8. The standard InChI is InChI=1S/C35H34BF2N2O4/c1-7-43-35(42)31-26-11-9-8-10-23-18-29-25(17-28(23)30(26)31)16-24(34(41)44-29)12-13-27(32-19(2)14-21(4)39(32)6)33-20(3)15-22(5)40(33)36(37)38/h12-18,26,30-31H,7,9,11H2,1-6H3/q+1/b13-12+. The predicted molar refractivity (Wildman–Crippen MR) is 168 cm³/mol. The second-order valence-corrected chi connectivity index (χ2v) is 11.9. The summed E-state index contributed by atoms with van der Waals surface area (Å²) in [5, 5.41) is 0.703. The number of allylic oxidation sites excluding steroid dienone is 4. The summed E-state index contributed by atoms with van der Waals surface area (Å²) >= 11 is 0. The molecule has 1 fully saturated rings. The normalized spacial score (nSPS) is 21.7. The van der Waals surface area contributed by atoms with Gasteiger partial charge in [-0.05, 0) is 87.6 Å². The van der Waals surface area contributed by atoms with Gasteiger partial charge in [-0.1, -0.05) is 11.8 Å². The van der Waals surface area contributed by atoms with Gasteiger partial charge in [0.15, 0.2) is 11.4 Å². The van der Waals surface area contributed by atoms with Gasteiger partial charge >= 0.3 is 19.0 Å². The lowest BCUT2D eigenvalue weighted by Gasteiger charge is -2.12. The molecular weight excluding hydrogens is 561 g/mol. The van der Waals surface area contributed by atoms with E-state index in [9.17, 15) is 18.2 Å². The first-order chi connectivity index (χ1) is 21.0. The van der Waals surface area contributed by atoms with Crippen molar-refractivity contribution >= 4 is 41.7 Å². The maximum absolute atomic E-state index is 14.3. The minimum atomic E-state index is -2.73. The first kappa shape index (κ1) is 29.6. The highest BCUT2D eigenvalue weighted by atomic mass is 19.2. The van der Waals surface area contributed by atoms with Gasteiger partial charge in [0.1, 0.15) is 5.58 Å². The number of carbonyl (C=O) groups excluding carboxylic acids is 1. The summed E-state index contributed by atoms with van der Waals surface area (Å²) in [6, 6.07) is 7.51. The van der Waals surface area contributed by atoms with Crippen LogP contribution in [0.5, 0.6) is 0 Å². The Morgan fingerprint density at radius 3 is 2.66 bits per heavy atom. The Kier molecular flexibility index (Phi) is 7.57. The van der Waals surface area contributed by atoms with Crippen molar-refractivity contribution in [3.8, 4) is 11.8 Å². The van der Waals surface area contributed by atoms with Crippen molar-refractivity contribution in [2.45, 2.75) is 53.4 Å². The second kappa shape index (κ2) is 11.2. The number of nitrogens with zero attached hydrogens (tertiary/aromatic N) is 2. The SMILES string of the molecule is CCOC(=O)C1C2CCC#Cc3cc4oc(=O)c(/C=C/C(=C5\C(C)=CC(C)=[N+]5B(F)F)c5c(C)cc(C)n5C)cc4cc3C21. The van der Waals surface area contributed by atoms with Gasteiger partial charge in [-0.2, -0.15) is 0 Å². The maximum atomic E-state index is 14.3. The summed E-state index contributed by atoms with van der Waals surface area (Å²) in [5.74, 6) is 6.16. The van der Waals surface area contributed by atoms with E-state index in [0.717, 1.165) is 39.0 Å². The zero-order valence-electron chi connectivity index (χ0n) is 25.8. The molecule has 2 aliphatic carbocycles. The van der Waals surface area contributed by atoms with Gasteiger partial charge in [-0.3, -0.25) is 4.79 Å². The van der Waals surface area contributed by atoms with E-state index >= 15 is 0 Å². The van der Waals surface area contributed by atoms with Crippen LogP contribution in [0, 0.1) is 37.5 Å². The van der Waals surface area contributed by atoms with E-state index in [1.54, 1.807) is 44.2 Å². The molecule has 0 bridgehead atoms. The van der Waals surface area contributed by atoms with E-state index < -0.39 is 13.0 Å². The van der Waals surface area contributed by atoms with Gasteiger partial charge in [-0.25, -0.2) is 17.9 Å². The van der Waals surface area contributed by atoms with Crippen molar-refractivity contribution in [2.24, 2.45) is 18.9 Å². The highest BCUT2D eigenvalue weighted by molar-refractivity contribution is 6.35. The third-order valence-electron chi connectivity index (χ3n) is 9.06. The number of aromatic nitrogens is 1. The number of aryl methyl sites for hydroxylation is 2. The van der Waals surface area contributed by atoms with Gasteiger partial charge in [-0.15, -0.1) is 0 Å². The number of hydrogen-bond acceptors (Lipinski definition) is 4. The molecule has 0 saturated heterocycles. The van der Waals surface area contributed by atoms with Crippen LogP contribution in [0.4, 0.5) is 8.63 Å². The lowest BCUT2D eigenvalue weighted by Crippen LogP contribution is -2.25. The summed E-state index contributed by atoms with van der Waals surface area (Å²) in [6.45, 7) is 9.53. The van der Waals surface area contributed by atoms with Gasteiger partial charge in [0.2, 0.25) is 0 Å². The molecule has 6 nitrogen and oxygen atoms in total. The Bertz CT molecular complexity index is 1980. The molecule has 2 aromatic heterocycles. The van der Waals surface area contributed by atoms with E-state index in [2.05, 4.69) is 11.8 Å². The Morgan fingerprint density at radius 2 is 1.98 bits per heavy atom. The van der Waals surface area contributed by atoms with Gasteiger partial charge in [0.25, 0.3) is 0 Å². The molecule has 224 valence electrons. The summed E-state index contributed by atoms with van der Waals surface area (Å²) in [7, 11) is -0.832. The molecule has 3 atom stereocenters. The van der Waals surface area contributed by atoms with Crippen LogP contribution in [0.15, 0.2) is 56.9 Å². The molecule has 3 heterocycles. The molecule has 0 N–H and O–H groups in total. The minimum Gasteiger partial charge on any atom is -0.466 e. The Balaban J connectivity index is 1.48. The molecule has 44 heavy (non-hydrogen) atoms. The molecule has 0 radical (unpaired) electrons. The van der Waals surface area contributed by atoms with Crippen LogP contribution >= 0.6 is 0 Å². The number of benzene rings is 1. The van der Waals surface area contributed by atoms with Crippen molar-refractivity contribution in [2.75, 3.05) is 6.61 Å². The Labute approximate surface area is 255 Å². The predicted octanol–water partition coefficient (Wildman–Crippen LogP) is 6.57. The number of esters is 1. The van der Waals surface area contributed by atoms with Crippen LogP contribution in [0.25, 0.3) is 22.6 Å². The highest BCUT2D eigenvalue weighted by Crippen LogP contribution is 2.58. The maximum Gasteiger partial charge on any atom is 0.934 e. The van der Waals surface area contributed by atoms with Crippen LogP contribution in [0.1, 0.15) is 73.2 Å². The molecule has 6 rings (SSSR count). The number of rotatable bonds is 6. The summed E-state index contributed by atoms with van der Waals surface area (Å²) in [5.41, 5.74) is 6.70. The lowest BCUT2D eigenvalue weighted by atomic mass is 9.96. The van der Waals surface area contributed by atoms with E-state index in [1.165, 1.54) is 0 Å². The number of halogens is 2. The molecule has 1 aromatic carbocycles. The van der Waals surface area contributed by atoms with Crippen LogP contribution in [0.2, 0.25) is 0 Å². The van der Waals surface area contributed by atoms with Crippen LogP contribution in [-0.2, 0) is 16.6 Å². The molecule has 3 unspecified atom stereocenters. The van der Waals surface area contributed by atoms with E-state index in [0.29, 0.717) is 46.6 Å². The second-order valence-electron chi connectivity index (χ2n) is 11.9. The molecule has 3 aliphatic rings. The van der Waals surface area contributed by atoms with Crippen molar-refractivity contribution < 1.29 is 27.1 Å². The fourth-order valence-corrected chi connectivity index (χ4v) is 6.98. The topological polar surface area (TPSA) is 64.4 Å². The Hall–Kier alpha value is -4.45. The van der Waals surface area contributed by atoms with Crippen molar-refractivity contribution in [3.05, 3.63) is 91.7 Å². The zero-order valence-corrected chi connectivity index (χ0v) is 25.8. The number of hydrogen-bond donors (Lipinski definition) is 0. The highest BCUT2D eigenvalue weighted by Gasteiger charge is 2.56. The van der Waals surface area contributed by atoms with Gasteiger partial charge < -0.3 is 13.7 Å². The average molecular weight is 595 g/mol. The van der Waals surface area contributed by atoms with E-state index in [4.69, 9.17) is 9.15 Å². The van der Waals surface area contributed by atoms with Crippen LogP contribution in [0.3, 0.4) is 0 Å². The van der Waals surface area contributed by atoms with Crippen LogP contribution < -0.4 is 5.63 Å². The molecule has 1 aliphatic heterocycles. The van der Waals surface area contributed by atoms with Gasteiger partial charge in [0, 0.05) is 54.6 Å². The van der Waals surface area contributed by atoms with Crippen LogP contribution in [-0.4, -0.2) is 34.7 Å². The third-order valence-corrected chi connectivity index (χ3v) is 9.06. The fraction of sp³-hybridized carbons (Fsp3) is 0.343. The molecule has 0 spiro atoms. The van der Waals surface area contributed by atoms with Gasteiger partial charge in [0.05, 0.1) is 29.4 Å². The molecule has 1 saturated carbocycles. The monoisotopic (exact) mass is 595 g/mol. The molecule has 3 aromatic rings. The Morgan fingerprint density at radius 1 is 1.20 bits per heavy atom. The molecule has 9 heteroatoms. The third kappa shape index (κ3) is 4.96. The van der Waals surface area contributed by atoms with Crippen molar-refractivity contribution in [1.29, 1.82) is 0 Å². The van der Waals surface area contributed by atoms with Crippen molar-refractivity contribution in [3.63, 3.8) is 0 Å². The summed E-state index contributed by atoms with van der Waals surface area (Å²) in [6.07, 6.45) is 6.63. The van der Waals surface area contributed by atoms with E-state index in [1.807, 2.05) is 44.5 Å². The molecule has 0 amide bonds. The van der Waals surface area contributed by atoms with Crippen molar-refractivity contribution in [1.82, 2.24) is 4.57 Å². The first-order valence-electron chi connectivity index (χ1n) is 14.9. The minimum absolute atomic E-state index is 0.00538. The number of carbonyl (C=O) groups is 1. The summed E-state index contributed by atoms with van der Waals surface area (Å²) in [4.78, 5) is 25.9. The fourth-order valence-electron chi connectivity index (χ4n) is 6.98. The zero-order chi connectivity index (χ0) is 31.4. The quantitative estimate of drug-likeness (QED) is 0.140. The first-order valence-corrected chi connectivity index (χ1v) is 14.9.